The van der Waals surface area contributed by atoms with Crippen molar-refractivity contribution >= 4 is 22.4 Å². The molecule has 7 nitrogen and oxygen atoms in total. The number of benzene rings is 1. The quantitative estimate of drug-likeness (QED) is 0.606. The molecule has 4 rings (SSSR count). The average molecular weight is 296 g/mol. The lowest BCUT2D eigenvalue weighted by Crippen LogP contribution is -2.26. The molecule has 0 fully saturated rings. The van der Waals surface area contributed by atoms with Gasteiger partial charge in [-0.2, -0.15) is 14.6 Å². The zero-order valence-corrected chi connectivity index (χ0v) is 11.1. The van der Waals surface area contributed by atoms with Crippen LogP contribution in [0.15, 0.2) is 53.8 Å². The molecule has 1 aromatic carbocycles. The maximum absolute atomic E-state index is 12.9. The number of aromatic nitrogens is 5. The van der Waals surface area contributed by atoms with Gasteiger partial charge in [0, 0.05) is 12.4 Å². The van der Waals surface area contributed by atoms with Crippen LogP contribution in [0.4, 0.5) is 10.1 Å². The summed E-state index contributed by atoms with van der Waals surface area (Å²) >= 11 is 0. The first-order valence-electron chi connectivity index (χ1n) is 6.45. The van der Waals surface area contributed by atoms with E-state index in [1.165, 1.54) is 33.8 Å². The second-order valence-corrected chi connectivity index (χ2v) is 4.64. The van der Waals surface area contributed by atoms with Crippen LogP contribution < -0.4 is 11.0 Å². The standard InChI is InChI=1S/C14H9FN6O/c15-9-1-3-10(4-2-9)19-20-6-5-12-11(13(20)22)7-16-14-17-8-18-21(12)14/h1-8,19H. The van der Waals surface area contributed by atoms with Crippen LogP contribution in [-0.2, 0) is 0 Å². The normalized spacial score (nSPS) is 11.1. The third-order valence-electron chi connectivity index (χ3n) is 3.27. The Hall–Kier alpha value is -3.29. The smallest absolute Gasteiger partial charge is 0.280 e. The number of halogens is 1. The van der Waals surface area contributed by atoms with Crippen molar-refractivity contribution in [2.75, 3.05) is 5.43 Å². The first-order valence-corrected chi connectivity index (χ1v) is 6.45. The molecule has 0 aliphatic carbocycles. The number of anilines is 1. The maximum atomic E-state index is 12.9. The van der Waals surface area contributed by atoms with Crippen LogP contribution in [0, 0.1) is 5.82 Å². The summed E-state index contributed by atoms with van der Waals surface area (Å²) in [5, 5.41) is 4.44. The van der Waals surface area contributed by atoms with E-state index in [9.17, 15) is 9.18 Å². The van der Waals surface area contributed by atoms with Gasteiger partial charge in [-0.3, -0.25) is 10.2 Å². The molecule has 3 heterocycles. The first-order chi connectivity index (χ1) is 10.7. The fourth-order valence-electron chi connectivity index (χ4n) is 2.22. The molecular weight excluding hydrogens is 287 g/mol. The van der Waals surface area contributed by atoms with E-state index >= 15 is 0 Å². The van der Waals surface area contributed by atoms with Crippen molar-refractivity contribution in [3.63, 3.8) is 0 Å². The fourth-order valence-corrected chi connectivity index (χ4v) is 2.22. The molecule has 0 atom stereocenters. The van der Waals surface area contributed by atoms with Crippen LogP contribution in [0.25, 0.3) is 16.7 Å². The minimum absolute atomic E-state index is 0.285. The molecule has 4 aromatic rings. The molecule has 3 aromatic heterocycles. The minimum Gasteiger partial charge on any atom is -0.292 e. The molecule has 0 saturated heterocycles. The van der Waals surface area contributed by atoms with E-state index in [2.05, 4.69) is 20.5 Å². The van der Waals surface area contributed by atoms with E-state index in [-0.39, 0.29) is 11.4 Å². The maximum Gasteiger partial charge on any atom is 0.280 e. The number of nitrogens with zero attached hydrogens (tertiary/aromatic N) is 5. The summed E-state index contributed by atoms with van der Waals surface area (Å²) in [6.45, 7) is 0. The molecule has 0 radical (unpaired) electrons. The van der Waals surface area contributed by atoms with Gasteiger partial charge in [0.05, 0.1) is 16.6 Å². The number of pyridine rings is 1. The highest BCUT2D eigenvalue weighted by atomic mass is 19.1. The summed E-state index contributed by atoms with van der Waals surface area (Å²) in [6, 6.07) is 7.45. The molecular formula is C14H9FN6O. The molecule has 1 N–H and O–H groups in total. The Morgan fingerprint density at radius 3 is 2.73 bits per heavy atom. The predicted octanol–water partition coefficient (Wildman–Crippen LogP) is 1.45. The summed E-state index contributed by atoms with van der Waals surface area (Å²) in [6.07, 6.45) is 4.42. The zero-order valence-electron chi connectivity index (χ0n) is 11.1. The largest absolute Gasteiger partial charge is 0.292 e. The highest BCUT2D eigenvalue weighted by Crippen LogP contribution is 2.11. The van der Waals surface area contributed by atoms with E-state index in [1.54, 1.807) is 24.4 Å². The average Bonchev–Trinajstić information content (AvgIpc) is 3.01. The number of rotatable bonds is 2. The molecule has 0 amide bonds. The van der Waals surface area contributed by atoms with Crippen LogP contribution in [0.1, 0.15) is 0 Å². The lowest BCUT2D eigenvalue weighted by atomic mass is 10.3. The number of nitrogens with one attached hydrogen (secondary N) is 1. The Labute approximate surface area is 122 Å². The van der Waals surface area contributed by atoms with E-state index in [1.807, 2.05) is 0 Å². The van der Waals surface area contributed by atoms with Crippen LogP contribution in [0.5, 0.6) is 0 Å². The lowest BCUT2D eigenvalue weighted by molar-refractivity contribution is 0.628. The second kappa shape index (κ2) is 4.62. The van der Waals surface area contributed by atoms with Crippen LogP contribution in [0.2, 0.25) is 0 Å². The van der Waals surface area contributed by atoms with Gasteiger partial charge in [0.2, 0.25) is 0 Å². The zero-order chi connectivity index (χ0) is 15.1. The van der Waals surface area contributed by atoms with Crippen molar-refractivity contribution in [1.82, 2.24) is 24.3 Å². The van der Waals surface area contributed by atoms with Crippen LogP contribution in [-0.4, -0.2) is 24.3 Å². The van der Waals surface area contributed by atoms with Crippen molar-refractivity contribution in [2.45, 2.75) is 0 Å². The Morgan fingerprint density at radius 1 is 1.09 bits per heavy atom. The summed E-state index contributed by atoms with van der Waals surface area (Å²) in [4.78, 5) is 20.6. The third-order valence-corrected chi connectivity index (χ3v) is 3.27. The van der Waals surface area contributed by atoms with Crippen LogP contribution in [0.3, 0.4) is 0 Å². The van der Waals surface area contributed by atoms with Crippen molar-refractivity contribution < 1.29 is 4.39 Å². The second-order valence-electron chi connectivity index (χ2n) is 4.64. The van der Waals surface area contributed by atoms with Crippen LogP contribution >= 0.6 is 0 Å². The summed E-state index contributed by atoms with van der Waals surface area (Å²) < 4.78 is 15.7. The Balaban J connectivity index is 1.85. The van der Waals surface area contributed by atoms with Gasteiger partial charge >= 0.3 is 0 Å². The van der Waals surface area contributed by atoms with Gasteiger partial charge < -0.3 is 0 Å². The third kappa shape index (κ3) is 1.89. The molecule has 0 aliphatic rings. The molecule has 0 aliphatic heterocycles. The monoisotopic (exact) mass is 296 g/mol. The minimum atomic E-state index is -0.339. The Morgan fingerprint density at radius 2 is 1.91 bits per heavy atom. The van der Waals surface area contributed by atoms with Crippen molar-refractivity contribution in [3.8, 4) is 0 Å². The van der Waals surface area contributed by atoms with Gasteiger partial charge in [-0.1, -0.05) is 0 Å². The molecule has 8 heteroatoms. The van der Waals surface area contributed by atoms with E-state index < -0.39 is 0 Å². The van der Waals surface area contributed by atoms with Crippen molar-refractivity contribution in [2.24, 2.45) is 0 Å². The highest BCUT2D eigenvalue weighted by molar-refractivity contribution is 5.78. The van der Waals surface area contributed by atoms with E-state index in [4.69, 9.17) is 0 Å². The number of hydrogen-bond donors (Lipinski definition) is 1. The number of fused-ring (bicyclic) bond motifs is 3. The summed E-state index contributed by atoms with van der Waals surface area (Å²) in [5.41, 5.74) is 3.82. The van der Waals surface area contributed by atoms with Gasteiger partial charge in [-0.15, -0.1) is 0 Å². The Kier molecular flexibility index (Phi) is 2.62. The highest BCUT2D eigenvalue weighted by Gasteiger charge is 2.08. The predicted molar refractivity (Wildman–Crippen MR) is 78.0 cm³/mol. The SMILES string of the molecule is O=c1c2cnc3ncnn3c2ccn1Nc1ccc(F)cc1. The van der Waals surface area contributed by atoms with Crippen molar-refractivity contribution in [1.29, 1.82) is 0 Å². The first kappa shape index (κ1) is 12.5. The molecule has 22 heavy (non-hydrogen) atoms. The summed E-state index contributed by atoms with van der Waals surface area (Å²) in [7, 11) is 0. The lowest BCUT2D eigenvalue weighted by Gasteiger charge is -2.10. The molecule has 0 spiro atoms. The van der Waals surface area contributed by atoms with Crippen molar-refractivity contribution in [3.05, 3.63) is 65.2 Å². The molecule has 0 unspecified atom stereocenters. The van der Waals surface area contributed by atoms with Gasteiger partial charge in [-0.25, -0.2) is 14.1 Å². The topological polar surface area (TPSA) is 77.1 Å². The molecule has 0 bridgehead atoms. The van der Waals surface area contributed by atoms with Gasteiger partial charge in [0.25, 0.3) is 11.3 Å². The van der Waals surface area contributed by atoms with E-state index in [0.717, 1.165) is 0 Å². The molecule has 0 saturated carbocycles. The van der Waals surface area contributed by atoms with E-state index in [0.29, 0.717) is 22.4 Å². The van der Waals surface area contributed by atoms with Gasteiger partial charge in [-0.05, 0) is 30.3 Å². The molecule has 108 valence electrons. The summed E-state index contributed by atoms with van der Waals surface area (Å²) in [5.74, 6) is 0.0883. The Bertz CT molecular complexity index is 1040. The van der Waals surface area contributed by atoms with Gasteiger partial charge in [0.15, 0.2) is 0 Å². The fraction of sp³-hybridized carbons (Fsp3) is 0. The van der Waals surface area contributed by atoms with Gasteiger partial charge in [0.1, 0.15) is 12.1 Å². The number of hydrogen-bond acceptors (Lipinski definition) is 5.